The number of hydrogen-bond donors (Lipinski definition) is 1. The van der Waals surface area contributed by atoms with E-state index in [1.54, 1.807) is 18.2 Å². The summed E-state index contributed by atoms with van der Waals surface area (Å²) in [6.07, 6.45) is -0.593. The molecule has 3 rings (SSSR count). The van der Waals surface area contributed by atoms with Crippen LogP contribution >= 0.6 is 0 Å². The molecule has 1 aliphatic heterocycles. The topological polar surface area (TPSA) is 102 Å². The van der Waals surface area contributed by atoms with Crippen LogP contribution in [0.15, 0.2) is 18.2 Å². The summed E-state index contributed by atoms with van der Waals surface area (Å²) in [6, 6.07) is 5.17. The molecule has 1 fully saturated rings. The zero-order chi connectivity index (χ0) is 19.8. The first-order valence-electron chi connectivity index (χ1n) is 8.52. The summed E-state index contributed by atoms with van der Waals surface area (Å²) in [5.41, 5.74) is 1.42. The number of ether oxygens (including phenoxy) is 3. The lowest BCUT2D eigenvalue weighted by atomic mass is 9.82. The smallest absolute Gasteiger partial charge is 0.405 e. The van der Waals surface area contributed by atoms with Gasteiger partial charge in [-0.25, -0.2) is 0 Å². The van der Waals surface area contributed by atoms with Crippen LogP contribution in [0.3, 0.4) is 0 Å². The van der Waals surface area contributed by atoms with Crippen LogP contribution in [0.4, 0.5) is 8.78 Å². The Morgan fingerprint density at radius 3 is 2.78 bits per heavy atom. The minimum atomic E-state index is -5.70. The van der Waals surface area contributed by atoms with Crippen molar-refractivity contribution >= 4 is 16.1 Å². The van der Waals surface area contributed by atoms with Gasteiger partial charge < -0.3 is 14.2 Å². The van der Waals surface area contributed by atoms with E-state index in [2.05, 4.69) is 0 Å². The lowest BCUT2D eigenvalue weighted by Gasteiger charge is -2.28. The maximum Gasteiger partial charge on any atom is 0.405 e. The van der Waals surface area contributed by atoms with E-state index < -0.39 is 33.4 Å². The van der Waals surface area contributed by atoms with E-state index in [0.717, 1.165) is 12.5 Å². The number of rotatable bonds is 7. The fourth-order valence-electron chi connectivity index (χ4n) is 3.08. The van der Waals surface area contributed by atoms with Gasteiger partial charge in [0, 0.05) is 0 Å². The van der Waals surface area contributed by atoms with Crippen molar-refractivity contribution < 1.29 is 40.8 Å². The van der Waals surface area contributed by atoms with Crippen LogP contribution in [0.2, 0.25) is 0 Å². The molecule has 0 spiro atoms. The lowest BCUT2D eigenvalue weighted by molar-refractivity contribution is -0.161. The molecular weight excluding hydrogens is 386 g/mol. The second kappa shape index (κ2) is 7.33. The number of benzene rings is 1. The van der Waals surface area contributed by atoms with E-state index in [1.165, 1.54) is 0 Å². The second-order valence-electron chi connectivity index (χ2n) is 6.65. The molecule has 1 aromatic carbocycles. The number of carbonyl (C=O) groups is 1. The number of esters is 1. The predicted molar refractivity (Wildman–Crippen MR) is 89.4 cm³/mol. The Kier molecular flexibility index (Phi) is 5.42. The van der Waals surface area contributed by atoms with Gasteiger partial charge in [0.05, 0.1) is 12.5 Å². The van der Waals surface area contributed by atoms with E-state index in [1.807, 2.05) is 0 Å². The Bertz CT molecular complexity index is 821. The molecule has 1 saturated heterocycles. The predicted octanol–water partition coefficient (Wildman–Crippen LogP) is 2.30. The summed E-state index contributed by atoms with van der Waals surface area (Å²) < 4.78 is 73.1. The molecule has 7 nitrogen and oxygen atoms in total. The molecule has 2 aliphatic rings. The highest BCUT2D eigenvalue weighted by atomic mass is 32.2. The maximum absolute atomic E-state index is 13.6. The highest BCUT2D eigenvalue weighted by molar-refractivity contribution is 7.86. The molecule has 150 valence electrons. The molecular formula is C17H20F2O7S. The normalized spacial score (nSPS) is 23.3. The lowest BCUT2D eigenvalue weighted by Crippen LogP contribution is -2.42. The Labute approximate surface area is 155 Å². The van der Waals surface area contributed by atoms with E-state index >= 15 is 0 Å². The van der Waals surface area contributed by atoms with E-state index in [4.69, 9.17) is 18.8 Å². The van der Waals surface area contributed by atoms with Crippen molar-refractivity contribution in [3.63, 3.8) is 0 Å². The zero-order valence-electron chi connectivity index (χ0n) is 14.6. The van der Waals surface area contributed by atoms with Gasteiger partial charge in [-0.3, -0.25) is 9.35 Å². The molecule has 3 atom stereocenters. The van der Waals surface area contributed by atoms with E-state index in [-0.39, 0.29) is 6.10 Å². The Morgan fingerprint density at radius 2 is 2.15 bits per heavy atom. The molecule has 3 unspecified atom stereocenters. The van der Waals surface area contributed by atoms with Crippen molar-refractivity contribution in [1.82, 2.24) is 0 Å². The van der Waals surface area contributed by atoms with Crippen molar-refractivity contribution in [3.8, 4) is 5.75 Å². The van der Waals surface area contributed by atoms with Crippen molar-refractivity contribution in [2.24, 2.45) is 0 Å². The van der Waals surface area contributed by atoms with Crippen LogP contribution < -0.4 is 4.74 Å². The standard InChI is InChI=1S/C17H20F2O7S/c1-10(17(18,19)27(21,22)23)26-16(20)14-6-2-5-13-12(14)4-3-7-15(13)25-9-11-8-24-11/h3-4,7,10-11,14H,2,5-6,8-9H2,1H3,(H,21,22,23). The molecule has 10 heteroatoms. The number of epoxide rings is 1. The van der Waals surface area contributed by atoms with Gasteiger partial charge in [-0.1, -0.05) is 12.1 Å². The second-order valence-corrected chi connectivity index (χ2v) is 8.15. The summed E-state index contributed by atoms with van der Waals surface area (Å²) >= 11 is 0. The SMILES string of the molecule is CC(OC(=O)C1CCCc2c(OCC3CO3)cccc21)C(F)(F)S(=O)(=O)O. The van der Waals surface area contributed by atoms with Crippen LogP contribution in [0, 0.1) is 0 Å². The number of alkyl halides is 2. The molecule has 27 heavy (non-hydrogen) atoms. The first-order chi connectivity index (χ1) is 12.6. The average Bonchev–Trinajstić information content (AvgIpc) is 3.42. The van der Waals surface area contributed by atoms with Crippen LogP contribution in [-0.2, 0) is 30.8 Å². The largest absolute Gasteiger partial charge is 0.490 e. The third-order valence-electron chi connectivity index (χ3n) is 4.69. The highest BCUT2D eigenvalue weighted by Gasteiger charge is 2.52. The fraction of sp³-hybridized carbons (Fsp3) is 0.588. The molecule has 0 aromatic heterocycles. The van der Waals surface area contributed by atoms with Gasteiger partial charge in [0.15, 0.2) is 6.10 Å². The molecule has 0 amide bonds. The minimum absolute atomic E-state index is 0.0636. The minimum Gasteiger partial charge on any atom is -0.490 e. The van der Waals surface area contributed by atoms with Crippen LogP contribution in [0.1, 0.15) is 36.8 Å². The average molecular weight is 406 g/mol. The van der Waals surface area contributed by atoms with Crippen molar-refractivity contribution in [1.29, 1.82) is 0 Å². The van der Waals surface area contributed by atoms with Gasteiger partial charge in [0.25, 0.3) is 0 Å². The number of carbonyl (C=O) groups excluding carboxylic acids is 1. The van der Waals surface area contributed by atoms with Gasteiger partial charge in [-0.05, 0) is 43.4 Å². The molecule has 1 heterocycles. The molecule has 0 saturated carbocycles. The summed E-state index contributed by atoms with van der Waals surface area (Å²) in [4.78, 5) is 12.4. The third-order valence-corrected chi connectivity index (χ3v) is 5.71. The van der Waals surface area contributed by atoms with Crippen LogP contribution in [-0.4, -0.2) is 49.6 Å². The summed E-state index contributed by atoms with van der Waals surface area (Å²) in [6.45, 7) is 1.76. The highest BCUT2D eigenvalue weighted by Crippen LogP contribution is 2.38. The van der Waals surface area contributed by atoms with E-state index in [9.17, 15) is 22.0 Å². The third kappa shape index (κ3) is 4.22. The Hall–Kier alpha value is -1.78. The van der Waals surface area contributed by atoms with Crippen LogP contribution in [0.5, 0.6) is 5.75 Å². The van der Waals surface area contributed by atoms with Gasteiger partial charge in [0.1, 0.15) is 18.5 Å². The summed E-state index contributed by atoms with van der Waals surface area (Å²) in [5, 5.41) is -4.59. The zero-order valence-corrected chi connectivity index (χ0v) is 15.4. The van der Waals surface area contributed by atoms with Crippen LogP contribution in [0.25, 0.3) is 0 Å². The number of fused-ring (bicyclic) bond motifs is 1. The number of hydrogen-bond acceptors (Lipinski definition) is 6. The quantitative estimate of drug-likeness (QED) is 0.421. The molecule has 0 bridgehead atoms. The Morgan fingerprint density at radius 1 is 1.44 bits per heavy atom. The first-order valence-corrected chi connectivity index (χ1v) is 9.96. The van der Waals surface area contributed by atoms with Crippen molar-refractivity contribution in [2.75, 3.05) is 13.2 Å². The summed E-state index contributed by atoms with van der Waals surface area (Å²) in [5.74, 6) is -1.17. The van der Waals surface area contributed by atoms with Gasteiger partial charge >= 0.3 is 21.3 Å². The van der Waals surface area contributed by atoms with Crippen molar-refractivity contribution in [3.05, 3.63) is 29.3 Å². The number of halogens is 2. The molecule has 0 radical (unpaired) electrons. The van der Waals surface area contributed by atoms with Gasteiger partial charge in [0.2, 0.25) is 0 Å². The van der Waals surface area contributed by atoms with E-state index in [0.29, 0.717) is 43.8 Å². The molecule has 1 aromatic rings. The Balaban J connectivity index is 1.76. The maximum atomic E-state index is 13.6. The molecule has 1 aliphatic carbocycles. The van der Waals surface area contributed by atoms with Crippen molar-refractivity contribution in [2.45, 2.75) is 49.6 Å². The first kappa shape index (κ1) is 20.0. The van der Waals surface area contributed by atoms with Gasteiger partial charge in [-0.15, -0.1) is 0 Å². The van der Waals surface area contributed by atoms with Gasteiger partial charge in [-0.2, -0.15) is 17.2 Å². The summed E-state index contributed by atoms with van der Waals surface area (Å²) in [7, 11) is -5.70. The molecule has 1 N–H and O–H groups in total. The monoisotopic (exact) mass is 406 g/mol. The fourth-order valence-corrected chi connectivity index (χ4v) is 3.54.